The molecule has 2 aromatic rings. The fourth-order valence-electron chi connectivity index (χ4n) is 2.92. The SMILES string of the molecule is COc1ccc(OC)c(/C=C/C(=O)NC(C)c2ccc(NC(=O)C3CC3)cc2)c1. The van der Waals surface area contributed by atoms with Gasteiger partial charge in [-0.2, -0.15) is 0 Å². The lowest BCUT2D eigenvalue weighted by molar-refractivity contribution is -0.118. The molecule has 2 amide bonds. The van der Waals surface area contributed by atoms with Crippen LogP contribution in [0.1, 0.15) is 36.9 Å². The third kappa shape index (κ3) is 5.60. The largest absolute Gasteiger partial charge is 0.497 e. The van der Waals surface area contributed by atoms with Crippen molar-refractivity contribution in [2.75, 3.05) is 19.5 Å². The average Bonchev–Trinajstić information content (AvgIpc) is 3.58. The molecule has 0 heterocycles. The lowest BCUT2D eigenvalue weighted by Gasteiger charge is -2.14. The summed E-state index contributed by atoms with van der Waals surface area (Å²) in [5.41, 5.74) is 2.48. The predicted octanol–water partition coefficient (Wildman–Crippen LogP) is 3.94. The maximum atomic E-state index is 12.3. The molecule has 2 N–H and O–H groups in total. The van der Waals surface area contributed by atoms with Crippen molar-refractivity contribution in [1.29, 1.82) is 0 Å². The van der Waals surface area contributed by atoms with E-state index in [0.717, 1.165) is 29.7 Å². The lowest BCUT2D eigenvalue weighted by atomic mass is 10.1. The van der Waals surface area contributed by atoms with Gasteiger partial charge in [0.25, 0.3) is 0 Å². The van der Waals surface area contributed by atoms with E-state index in [-0.39, 0.29) is 23.8 Å². The number of nitrogens with one attached hydrogen (secondary N) is 2. The van der Waals surface area contributed by atoms with Gasteiger partial charge in [-0.3, -0.25) is 9.59 Å². The second kappa shape index (κ2) is 9.28. The number of benzene rings is 2. The first-order chi connectivity index (χ1) is 14.0. The molecule has 0 aromatic heterocycles. The van der Waals surface area contributed by atoms with Crippen molar-refractivity contribution in [3.8, 4) is 11.5 Å². The van der Waals surface area contributed by atoms with E-state index < -0.39 is 0 Å². The van der Waals surface area contributed by atoms with Crippen molar-refractivity contribution in [2.24, 2.45) is 5.92 Å². The van der Waals surface area contributed by atoms with Gasteiger partial charge in [-0.1, -0.05) is 12.1 Å². The van der Waals surface area contributed by atoms with Crippen molar-refractivity contribution in [1.82, 2.24) is 5.32 Å². The molecule has 1 aliphatic rings. The van der Waals surface area contributed by atoms with Gasteiger partial charge < -0.3 is 20.1 Å². The molecule has 29 heavy (non-hydrogen) atoms. The number of hydrogen-bond donors (Lipinski definition) is 2. The summed E-state index contributed by atoms with van der Waals surface area (Å²) in [7, 11) is 3.17. The zero-order valence-electron chi connectivity index (χ0n) is 16.9. The Labute approximate surface area is 170 Å². The minimum atomic E-state index is -0.214. The molecule has 6 nitrogen and oxygen atoms in total. The normalized spacial score (nSPS) is 14.3. The molecule has 0 spiro atoms. The molecule has 0 saturated heterocycles. The summed E-state index contributed by atoms with van der Waals surface area (Å²) in [5.74, 6) is 1.38. The number of hydrogen-bond acceptors (Lipinski definition) is 4. The number of methoxy groups -OCH3 is 2. The first-order valence-corrected chi connectivity index (χ1v) is 9.61. The zero-order valence-corrected chi connectivity index (χ0v) is 16.9. The van der Waals surface area contributed by atoms with Crippen molar-refractivity contribution in [3.63, 3.8) is 0 Å². The average molecular weight is 394 g/mol. The van der Waals surface area contributed by atoms with Crippen LogP contribution in [0.25, 0.3) is 6.08 Å². The highest BCUT2D eigenvalue weighted by molar-refractivity contribution is 5.94. The number of ether oxygens (including phenoxy) is 2. The van der Waals surface area contributed by atoms with Gasteiger partial charge in [0.05, 0.1) is 20.3 Å². The van der Waals surface area contributed by atoms with Gasteiger partial charge in [-0.15, -0.1) is 0 Å². The summed E-state index contributed by atoms with van der Waals surface area (Å²) < 4.78 is 10.5. The van der Waals surface area contributed by atoms with Gasteiger partial charge in [-0.25, -0.2) is 0 Å². The van der Waals surface area contributed by atoms with E-state index in [0.29, 0.717) is 11.5 Å². The third-order valence-electron chi connectivity index (χ3n) is 4.84. The molecular weight excluding hydrogens is 368 g/mol. The number of carbonyl (C=O) groups is 2. The number of carbonyl (C=O) groups excluding carboxylic acids is 2. The summed E-state index contributed by atoms with van der Waals surface area (Å²) in [5, 5.41) is 5.85. The Kier molecular flexibility index (Phi) is 6.54. The van der Waals surface area contributed by atoms with Gasteiger partial charge >= 0.3 is 0 Å². The van der Waals surface area contributed by atoms with Crippen LogP contribution in [0, 0.1) is 5.92 Å². The third-order valence-corrected chi connectivity index (χ3v) is 4.84. The van der Waals surface area contributed by atoms with E-state index in [9.17, 15) is 9.59 Å². The lowest BCUT2D eigenvalue weighted by Crippen LogP contribution is -2.24. The smallest absolute Gasteiger partial charge is 0.244 e. The van der Waals surface area contributed by atoms with E-state index >= 15 is 0 Å². The van der Waals surface area contributed by atoms with Crippen molar-refractivity contribution < 1.29 is 19.1 Å². The van der Waals surface area contributed by atoms with Gasteiger partial charge in [0.15, 0.2) is 0 Å². The van der Waals surface area contributed by atoms with Crippen LogP contribution in [0.3, 0.4) is 0 Å². The summed E-state index contributed by atoms with van der Waals surface area (Å²) >= 11 is 0. The topological polar surface area (TPSA) is 76.7 Å². The maximum absolute atomic E-state index is 12.3. The van der Waals surface area contributed by atoms with Gasteiger partial charge in [0.1, 0.15) is 11.5 Å². The van der Waals surface area contributed by atoms with Crippen molar-refractivity contribution in [3.05, 3.63) is 59.7 Å². The molecule has 0 radical (unpaired) electrons. The van der Waals surface area contributed by atoms with Crippen LogP contribution >= 0.6 is 0 Å². The Hall–Kier alpha value is -3.28. The van der Waals surface area contributed by atoms with E-state index in [4.69, 9.17) is 9.47 Å². The Morgan fingerprint density at radius 1 is 1.07 bits per heavy atom. The van der Waals surface area contributed by atoms with Gasteiger partial charge in [0, 0.05) is 23.2 Å². The molecule has 2 aromatic carbocycles. The van der Waals surface area contributed by atoms with Crippen molar-refractivity contribution in [2.45, 2.75) is 25.8 Å². The highest BCUT2D eigenvalue weighted by Crippen LogP contribution is 2.30. The van der Waals surface area contributed by atoms with Gasteiger partial charge in [-0.05, 0) is 61.7 Å². The first kappa shape index (κ1) is 20.5. The molecule has 0 aliphatic heterocycles. The number of rotatable bonds is 8. The Balaban J connectivity index is 1.58. The Morgan fingerprint density at radius 2 is 1.79 bits per heavy atom. The molecule has 1 atom stereocenters. The van der Waals surface area contributed by atoms with E-state index in [1.54, 1.807) is 38.5 Å². The van der Waals surface area contributed by atoms with Crippen LogP contribution in [0.15, 0.2) is 48.5 Å². The maximum Gasteiger partial charge on any atom is 0.244 e. The van der Waals surface area contributed by atoms with Gasteiger partial charge in [0.2, 0.25) is 11.8 Å². The fourth-order valence-corrected chi connectivity index (χ4v) is 2.92. The van der Waals surface area contributed by atoms with Crippen LogP contribution in [0.2, 0.25) is 0 Å². The second-order valence-electron chi connectivity index (χ2n) is 7.06. The summed E-state index contributed by atoms with van der Waals surface area (Å²) in [6.45, 7) is 1.91. The highest BCUT2D eigenvalue weighted by atomic mass is 16.5. The van der Waals surface area contributed by atoms with Crippen LogP contribution in [0.5, 0.6) is 11.5 Å². The summed E-state index contributed by atoms with van der Waals surface area (Å²) in [6, 6.07) is 12.8. The minimum Gasteiger partial charge on any atom is -0.497 e. The molecule has 1 aliphatic carbocycles. The Morgan fingerprint density at radius 3 is 2.41 bits per heavy atom. The monoisotopic (exact) mass is 394 g/mol. The summed E-state index contributed by atoms with van der Waals surface area (Å²) in [4.78, 5) is 24.1. The molecule has 1 unspecified atom stereocenters. The molecule has 152 valence electrons. The molecular formula is C23H26N2O4. The molecule has 1 saturated carbocycles. The van der Waals surface area contributed by atoms with Crippen LogP contribution in [-0.4, -0.2) is 26.0 Å². The molecule has 6 heteroatoms. The van der Waals surface area contributed by atoms with Crippen molar-refractivity contribution >= 4 is 23.6 Å². The summed E-state index contributed by atoms with van der Waals surface area (Å²) in [6.07, 6.45) is 5.11. The predicted molar refractivity (Wildman–Crippen MR) is 113 cm³/mol. The first-order valence-electron chi connectivity index (χ1n) is 9.61. The minimum absolute atomic E-state index is 0.0807. The van der Waals surface area contributed by atoms with Crippen LogP contribution in [-0.2, 0) is 9.59 Å². The number of amides is 2. The molecule has 1 fully saturated rings. The number of anilines is 1. The second-order valence-corrected chi connectivity index (χ2v) is 7.06. The zero-order chi connectivity index (χ0) is 20.8. The molecule has 3 rings (SSSR count). The van der Waals surface area contributed by atoms with E-state index in [2.05, 4.69) is 10.6 Å². The van der Waals surface area contributed by atoms with Crippen LogP contribution < -0.4 is 20.1 Å². The van der Waals surface area contributed by atoms with E-state index in [1.165, 1.54) is 6.08 Å². The highest BCUT2D eigenvalue weighted by Gasteiger charge is 2.29. The van der Waals surface area contributed by atoms with E-state index in [1.807, 2.05) is 31.2 Å². The quantitative estimate of drug-likeness (QED) is 0.665. The Bertz CT molecular complexity index is 902. The standard InChI is InChI=1S/C23H26N2O4/c1-15(16-6-9-19(10-7-16)25-23(27)17-4-5-17)24-22(26)13-8-18-14-20(28-2)11-12-21(18)29-3/h6-15,17H,4-5H2,1-3H3,(H,24,26)(H,25,27)/b13-8+. The fraction of sp³-hybridized carbons (Fsp3) is 0.304. The van der Waals surface area contributed by atoms with Crippen LogP contribution in [0.4, 0.5) is 5.69 Å². The molecule has 0 bridgehead atoms.